The molecule has 1 aliphatic heterocycles. The molecule has 0 bridgehead atoms. The van der Waals surface area contributed by atoms with Gasteiger partial charge in [-0.3, -0.25) is 0 Å². The van der Waals surface area contributed by atoms with Crippen LogP contribution in [0, 0.1) is 10.8 Å². The molecule has 0 N–H and O–H groups in total. The van der Waals surface area contributed by atoms with Crippen molar-refractivity contribution in [1.29, 1.82) is 0 Å². The largest absolute Gasteiger partial charge is 0.497 e. The first kappa shape index (κ1) is 36.8. The van der Waals surface area contributed by atoms with Crippen LogP contribution in [0.5, 0.6) is 17.2 Å². The second kappa shape index (κ2) is 13.7. The van der Waals surface area contributed by atoms with Gasteiger partial charge in [0.1, 0.15) is 17.2 Å². The van der Waals surface area contributed by atoms with Crippen LogP contribution in [0.1, 0.15) is 107 Å². The molecule has 0 amide bonds. The lowest BCUT2D eigenvalue weighted by Gasteiger charge is -2.52. The van der Waals surface area contributed by atoms with Crippen LogP contribution in [-0.2, 0) is 11.0 Å². The topological polar surface area (TPSA) is 27.7 Å². The Labute approximate surface area is 336 Å². The summed E-state index contributed by atoms with van der Waals surface area (Å²) in [6.07, 6.45) is 17.0. The Bertz CT molecular complexity index is 2230. The fourth-order valence-electron chi connectivity index (χ4n) is 11.4. The predicted molar refractivity (Wildman–Crippen MR) is 233 cm³/mol. The van der Waals surface area contributed by atoms with E-state index in [2.05, 4.69) is 143 Å². The summed E-state index contributed by atoms with van der Waals surface area (Å²) in [5.41, 5.74) is 8.45. The Hall–Kier alpha value is -3.80. The normalized spacial score (nSPS) is 20.1. The molecule has 2 fully saturated rings. The summed E-state index contributed by atoms with van der Waals surface area (Å²) in [5.74, 6) is 2.65. The minimum absolute atomic E-state index is 0.140. The average Bonchev–Trinajstić information content (AvgIpc) is 3.45. The predicted octanol–water partition coefficient (Wildman–Crippen LogP) is 13.9. The first-order valence-corrected chi connectivity index (χ1v) is 22.3. The maximum atomic E-state index is 7.85. The van der Waals surface area contributed by atoms with Gasteiger partial charge in [0.05, 0.1) is 14.2 Å². The third kappa shape index (κ3) is 6.11. The summed E-state index contributed by atoms with van der Waals surface area (Å²) in [4.78, 5) is 2.75. The second-order valence-corrected chi connectivity index (χ2v) is 20.2. The minimum Gasteiger partial charge on any atom is -0.497 e. The van der Waals surface area contributed by atoms with Gasteiger partial charge in [0.15, 0.2) is 5.60 Å². The maximum absolute atomic E-state index is 7.85. The Morgan fingerprint density at radius 3 is 1.89 bits per heavy atom. The van der Waals surface area contributed by atoms with Gasteiger partial charge in [-0.15, -0.1) is 23.5 Å². The zero-order valence-electron chi connectivity index (χ0n) is 33.5. The fraction of sp³-hybridized carbons (Fsp3) is 0.400. The van der Waals surface area contributed by atoms with E-state index >= 15 is 0 Å². The molecule has 0 radical (unpaired) electrons. The summed E-state index contributed by atoms with van der Waals surface area (Å²) < 4.78 is 19.1. The van der Waals surface area contributed by atoms with E-state index in [1.807, 2.05) is 11.8 Å². The molecule has 9 rings (SSSR count). The second-order valence-electron chi connectivity index (χ2n) is 18.0. The summed E-state index contributed by atoms with van der Waals surface area (Å²) in [5, 5.41) is 3.17. The molecule has 3 aliphatic carbocycles. The molecule has 2 saturated carbocycles. The molecular formula is C50H54O3S2. The van der Waals surface area contributed by atoms with Gasteiger partial charge in [0.25, 0.3) is 0 Å². The van der Waals surface area contributed by atoms with E-state index in [9.17, 15) is 0 Å². The van der Waals surface area contributed by atoms with Crippen molar-refractivity contribution in [3.8, 4) is 28.4 Å². The van der Waals surface area contributed by atoms with Crippen molar-refractivity contribution in [3.05, 3.63) is 119 Å². The van der Waals surface area contributed by atoms with Crippen molar-refractivity contribution in [2.45, 2.75) is 105 Å². The fourth-order valence-corrected chi connectivity index (χ4v) is 13.6. The van der Waals surface area contributed by atoms with Crippen molar-refractivity contribution in [1.82, 2.24) is 0 Å². The quantitative estimate of drug-likeness (QED) is 0.154. The van der Waals surface area contributed by atoms with E-state index in [-0.39, 0.29) is 16.2 Å². The SMILES string of the molecule is COc1ccc(C2(c3ccc(OC)cc3)C=Cc3c4c(c5cc(SC)c(SC6CCCCC6)cc5c3O2)-c2ccccc2C42CC(C)(C)CC(C)(C)C2)cc1. The third-order valence-electron chi connectivity index (χ3n) is 12.9. The van der Waals surface area contributed by atoms with Crippen LogP contribution in [0.15, 0.2) is 101 Å². The number of hydrogen-bond donors (Lipinski definition) is 0. The van der Waals surface area contributed by atoms with Gasteiger partial charge in [0.2, 0.25) is 0 Å². The molecule has 1 heterocycles. The maximum Gasteiger partial charge on any atom is 0.178 e. The highest BCUT2D eigenvalue weighted by Gasteiger charge is 2.55. The van der Waals surface area contributed by atoms with Crippen molar-refractivity contribution in [3.63, 3.8) is 0 Å². The van der Waals surface area contributed by atoms with E-state index in [0.717, 1.165) is 41.2 Å². The van der Waals surface area contributed by atoms with E-state index in [4.69, 9.17) is 14.2 Å². The zero-order valence-corrected chi connectivity index (χ0v) is 35.1. The highest BCUT2D eigenvalue weighted by atomic mass is 32.2. The molecular weight excluding hydrogens is 713 g/mol. The van der Waals surface area contributed by atoms with E-state index in [0.29, 0.717) is 5.25 Å². The lowest BCUT2D eigenvalue weighted by molar-refractivity contribution is 0.0642. The van der Waals surface area contributed by atoms with Crippen LogP contribution in [0.2, 0.25) is 0 Å². The van der Waals surface area contributed by atoms with E-state index in [1.165, 1.54) is 86.9 Å². The molecule has 5 aromatic carbocycles. The summed E-state index contributed by atoms with van der Waals surface area (Å²) in [6, 6.07) is 31.3. The number of benzene rings is 5. The molecule has 3 nitrogen and oxygen atoms in total. The van der Waals surface area contributed by atoms with Gasteiger partial charge in [-0.05, 0) is 119 Å². The Morgan fingerprint density at radius 1 is 0.691 bits per heavy atom. The lowest BCUT2D eigenvalue weighted by Crippen LogP contribution is -2.44. The van der Waals surface area contributed by atoms with Crippen molar-refractivity contribution >= 4 is 40.4 Å². The number of fused-ring (bicyclic) bond motifs is 10. The Morgan fingerprint density at radius 2 is 1.29 bits per heavy atom. The standard InChI is InChI=1S/C50H54O3S2/c1-47(2)29-48(3,4)31-49(30-47)41-16-12-11-15-37(41)44-39-27-42(54-7)43(55-36-13-9-8-10-14-36)28-40(39)46-38(45(44)49)25-26-50(53-46,32-17-21-34(51-5)22-18-32)33-19-23-35(52-6)24-20-33/h11-12,15-28,36H,8-10,13-14,29-31H2,1-7H3. The smallest absolute Gasteiger partial charge is 0.178 e. The van der Waals surface area contributed by atoms with Crippen LogP contribution in [0.3, 0.4) is 0 Å². The molecule has 4 aliphatic rings. The van der Waals surface area contributed by atoms with Gasteiger partial charge in [-0.25, -0.2) is 0 Å². The zero-order chi connectivity index (χ0) is 38.2. The molecule has 0 aromatic heterocycles. The van der Waals surface area contributed by atoms with Gasteiger partial charge in [-0.2, -0.15) is 0 Å². The van der Waals surface area contributed by atoms with Crippen LogP contribution >= 0.6 is 23.5 Å². The molecule has 284 valence electrons. The molecule has 1 spiro atoms. The molecule has 55 heavy (non-hydrogen) atoms. The van der Waals surface area contributed by atoms with Crippen molar-refractivity contribution in [2.24, 2.45) is 10.8 Å². The number of methoxy groups -OCH3 is 2. The molecule has 0 unspecified atom stereocenters. The summed E-state index contributed by atoms with van der Waals surface area (Å²) in [7, 11) is 3.45. The van der Waals surface area contributed by atoms with Crippen LogP contribution in [-0.4, -0.2) is 25.7 Å². The highest BCUT2D eigenvalue weighted by Crippen LogP contribution is 2.67. The lowest BCUT2D eigenvalue weighted by atomic mass is 9.52. The molecule has 0 atom stereocenters. The van der Waals surface area contributed by atoms with Crippen LogP contribution < -0.4 is 14.2 Å². The number of ether oxygens (including phenoxy) is 3. The van der Waals surface area contributed by atoms with Gasteiger partial charge in [0, 0.05) is 42.5 Å². The average molecular weight is 767 g/mol. The highest BCUT2D eigenvalue weighted by molar-refractivity contribution is 8.02. The van der Waals surface area contributed by atoms with E-state index in [1.54, 1.807) is 14.2 Å². The molecule has 5 heteroatoms. The van der Waals surface area contributed by atoms with Gasteiger partial charge >= 0.3 is 0 Å². The van der Waals surface area contributed by atoms with Crippen molar-refractivity contribution < 1.29 is 14.2 Å². The van der Waals surface area contributed by atoms with E-state index < -0.39 is 5.60 Å². The van der Waals surface area contributed by atoms with Crippen LogP contribution in [0.4, 0.5) is 0 Å². The molecule has 0 saturated heterocycles. The first-order chi connectivity index (χ1) is 26.5. The van der Waals surface area contributed by atoms with Gasteiger partial charge < -0.3 is 14.2 Å². The van der Waals surface area contributed by atoms with Gasteiger partial charge in [-0.1, -0.05) is 102 Å². The van der Waals surface area contributed by atoms with Crippen molar-refractivity contribution in [2.75, 3.05) is 20.5 Å². The number of rotatable bonds is 7. The first-order valence-electron chi connectivity index (χ1n) is 20.2. The number of hydrogen-bond acceptors (Lipinski definition) is 5. The Balaban J connectivity index is 1.37. The summed E-state index contributed by atoms with van der Waals surface area (Å²) >= 11 is 3.99. The Kier molecular flexibility index (Phi) is 9.17. The monoisotopic (exact) mass is 766 g/mol. The van der Waals surface area contributed by atoms with Crippen LogP contribution in [0.25, 0.3) is 28.0 Å². The molecule has 5 aromatic rings. The summed E-state index contributed by atoms with van der Waals surface area (Å²) in [6.45, 7) is 9.98. The number of thioether (sulfide) groups is 2. The third-order valence-corrected chi connectivity index (χ3v) is 15.2. The minimum atomic E-state index is -0.870.